The molecule has 0 radical (unpaired) electrons. The number of esters is 1. The second-order valence-electron chi connectivity index (χ2n) is 5.82. The Kier molecular flexibility index (Phi) is 9.57. The molecule has 0 N–H and O–H groups in total. The minimum atomic E-state index is -0.694. The quantitative estimate of drug-likeness (QED) is 0.650. The third kappa shape index (κ3) is 5.77. The van der Waals surface area contributed by atoms with Crippen molar-refractivity contribution in [1.82, 2.24) is 9.80 Å². The fourth-order valence-corrected chi connectivity index (χ4v) is 2.51. The van der Waals surface area contributed by atoms with Crippen LogP contribution in [0.4, 0.5) is 0 Å². The first-order valence-corrected chi connectivity index (χ1v) is 7.99. The van der Waals surface area contributed by atoms with Crippen LogP contribution in [-0.4, -0.2) is 65.5 Å². The number of hydrogen-bond donors (Lipinski definition) is 0. The van der Waals surface area contributed by atoms with Crippen LogP contribution in [0, 0.1) is 5.92 Å². The van der Waals surface area contributed by atoms with Gasteiger partial charge in [0.15, 0.2) is 0 Å². The fourth-order valence-electron chi connectivity index (χ4n) is 2.51. The molecule has 0 aromatic carbocycles. The van der Waals surface area contributed by atoms with Gasteiger partial charge in [-0.2, -0.15) is 9.59 Å². The molecule has 136 valence electrons. The van der Waals surface area contributed by atoms with Crippen molar-refractivity contribution in [3.63, 3.8) is 0 Å². The minimum absolute atomic E-state index is 0.0312. The largest absolute Gasteiger partial charge is 0.464 e. The van der Waals surface area contributed by atoms with Gasteiger partial charge in [0, 0.05) is 6.04 Å². The number of carbonyl (C=O) groups excluding carboxylic acids is 5. The van der Waals surface area contributed by atoms with E-state index in [1.165, 1.54) is 4.90 Å². The van der Waals surface area contributed by atoms with Crippen molar-refractivity contribution in [2.24, 2.45) is 5.92 Å². The van der Waals surface area contributed by atoms with Crippen molar-refractivity contribution in [3.8, 4) is 0 Å². The third-order valence-electron chi connectivity index (χ3n) is 3.87. The first-order valence-electron chi connectivity index (χ1n) is 7.99. The third-order valence-corrected chi connectivity index (χ3v) is 3.87. The molecule has 1 saturated heterocycles. The average molecular weight is 342 g/mol. The van der Waals surface area contributed by atoms with Crippen LogP contribution in [-0.2, 0) is 28.7 Å². The molecule has 0 spiro atoms. The summed E-state index contributed by atoms with van der Waals surface area (Å²) < 4.78 is 5.04. The van der Waals surface area contributed by atoms with Crippen LogP contribution in [0.15, 0.2) is 0 Å². The van der Waals surface area contributed by atoms with Crippen LogP contribution in [0.2, 0.25) is 0 Å². The van der Waals surface area contributed by atoms with Gasteiger partial charge in [0.25, 0.3) is 0 Å². The lowest BCUT2D eigenvalue weighted by Crippen LogP contribution is -2.61. The van der Waals surface area contributed by atoms with Crippen molar-refractivity contribution in [3.05, 3.63) is 0 Å². The summed E-state index contributed by atoms with van der Waals surface area (Å²) in [4.78, 5) is 55.9. The van der Waals surface area contributed by atoms with Crippen molar-refractivity contribution >= 4 is 23.9 Å². The van der Waals surface area contributed by atoms with Crippen molar-refractivity contribution in [2.45, 2.75) is 53.1 Å². The van der Waals surface area contributed by atoms with E-state index >= 15 is 0 Å². The van der Waals surface area contributed by atoms with Crippen LogP contribution in [0.25, 0.3) is 0 Å². The van der Waals surface area contributed by atoms with Crippen LogP contribution in [0.5, 0.6) is 0 Å². The maximum Gasteiger partial charge on any atom is 0.373 e. The lowest BCUT2D eigenvalue weighted by atomic mass is 10.0. The summed E-state index contributed by atoms with van der Waals surface area (Å²) in [5.41, 5.74) is 0. The lowest BCUT2D eigenvalue weighted by Gasteiger charge is -2.40. The van der Waals surface area contributed by atoms with E-state index in [0.29, 0.717) is 0 Å². The predicted molar refractivity (Wildman–Crippen MR) is 83.4 cm³/mol. The number of piperazine rings is 1. The van der Waals surface area contributed by atoms with E-state index in [2.05, 4.69) is 0 Å². The monoisotopic (exact) mass is 342 g/mol. The highest BCUT2D eigenvalue weighted by Gasteiger charge is 2.40. The highest BCUT2D eigenvalue weighted by molar-refractivity contribution is 5.95. The van der Waals surface area contributed by atoms with E-state index in [0.717, 1.165) is 6.42 Å². The second-order valence-corrected chi connectivity index (χ2v) is 5.82. The Morgan fingerprint density at radius 2 is 1.54 bits per heavy atom. The van der Waals surface area contributed by atoms with E-state index in [1.54, 1.807) is 11.8 Å². The summed E-state index contributed by atoms with van der Waals surface area (Å²) >= 11 is 0. The van der Waals surface area contributed by atoms with Gasteiger partial charge in [0.2, 0.25) is 11.8 Å². The number of carbonyl (C=O) groups is 3. The van der Waals surface area contributed by atoms with Crippen molar-refractivity contribution < 1.29 is 28.7 Å². The zero-order chi connectivity index (χ0) is 18.9. The number of nitrogens with zero attached hydrogens (tertiary/aromatic N) is 2. The molecule has 2 amide bonds. The Balaban J connectivity index is 0.00000163. The molecule has 0 aromatic heterocycles. The molecular formula is C16H26N2O6. The summed E-state index contributed by atoms with van der Waals surface area (Å²) in [5.74, 6) is -0.845. The van der Waals surface area contributed by atoms with Crippen LogP contribution in [0.3, 0.4) is 0 Å². The molecule has 1 rings (SSSR count). The highest BCUT2D eigenvalue weighted by atomic mass is 16.5. The second kappa shape index (κ2) is 10.5. The van der Waals surface area contributed by atoms with Crippen LogP contribution >= 0.6 is 0 Å². The normalized spacial score (nSPS) is 16.9. The molecule has 0 aromatic rings. The molecule has 0 bridgehead atoms. The van der Waals surface area contributed by atoms with Gasteiger partial charge in [-0.25, -0.2) is 4.79 Å². The van der Waals surface area contributed by atoms with Crippen LogP contribution in [0.1, 0.15) is 41.0 Å². The summed E-state index contributed by atoms with van der Waals surface area (Å²) in [6.45, 7) is 9.57. The van der Waals surface area contributed by atoms with Gasteiger partial charge in [-0.05, 0) is 26.2 Å². The SMILES string of the molecule is CCOC(=O)[C@H](C(C)C)N1CC(=O)N([C@@H](C)CC)CC1=O.O=C=O. The zero-order valence-corrected chi connectivity index (χ0v) is 14.9. The van der Waals surface area contributed by atoms with E-state index < -0.39 is 12.0 Å². The number of ether oxygens (including phenoxy) is 1. The van der Waals surface area contributed by atoms with Crippen molar-refractivity contribution in [2.75, 3.05) is 19.7 Å². The summed E-state index contributed by atoms with van der Waals surface area (Å²) in [6.07, 6.45) is 1.05. The topological polar surface area (TPSA) is 101 Å². The fraction of sp³-hybridized carbons (Fsp3) is 0.750. The molecule has 1 fully saturated rings. The van der Waals surface area contributed by atoms with E-state index in [1.807, 2.05) is 27.7 Å². The Morgan fingerprint density at radius 1 is 1.08 bits per heavy atom. The maximum absolute atomic E-state index is 12.3. The lowest BCUT2D eigenvalue weighted by molar-refractivity contribution is -0.191. The number of rotatable bonds is 6. The first kappa shape index (κ1) is 21.8. The Hall–Kier alpha value is -2.21. The van der Waals surface area contributed by atoms with E-state index in [9.17, 15) is 14.4 Å². The zero-order valence-electron chi connectivity index (χ0n) is 14.9. The Labute approximate surface area is 142 Å². The van der Waals surface area contributed by atoms with Gasteiger partial charge in [0.1, 0.15) is 19.1 Å². The summed E-state index contributed by atoms with van der Waals surface area (Å²) in [7, 11) is 0. The van der Waals surface area contributed by atoms with Gasteiger partial charge in [0.05, 0.1) is 6.61 Å². The number of amides is 2. The van der Waals surface area contributed by atoms with Gasteiger partial charge >= 0.3 is 12.1 Å². The Morgan fingerprint density at radius 3 is 1.96 bits per heavy atom. The molecule has 0 unspecified atom stereocenters. The molecular weight excluding hydrogens is 316 g/mol. The van der Waals surface area contributed by atoms with E-state index in [-0.39, 0.29) is 49.6 Å². The number of hydrogen-bond acceptors (Lipinski definition) is 6. The average Bonchev–Trinajstić information content (AvgIpc) is 2.50. The highest BCUT2D eigenvalue weighted by Crippen LogP contribution is 2.19. The maximum atomic E-state index is 12.3. The molecule has 8 nitrogen and oxygen atoms in total. The Bertz CT molecular complexity index is 485. The standard InChI is InChI=1S/C15H26N2O4.CO2/c1-6-11(5)16-8-13(19)17(9-12(16)18)14(10(3)4)15(20)21-7-2;2-1-3/h10-11,14H,6-9H2,1-5H3;/t11-,14-;/m0./s1. The molecule has 0 aliphatic carbocycles. The molecule has 24 heavy (non-hydrogen) atoms. The molecule has 1 heterocycles. The van der Waals surface area contributed by atoms with Crippen molar-refractivity contribution in [1.29, 1.82) is 0 Å². The smallest absolute Gasteiger partial charge is 0.373 e. The predicted octanol–water partition coefficient (Wildman–Crippen LogP) is 0.460. The molecule has 0 saturated carbocycles. The van der Waals surface area contributed by atoms with Gasteiger partial charge in [-0.15, -0.1) is 0 Å². The van der Waals surface area contributed by atoms with Gasteiger partial charge < -0.3 is 14.5 Å². The van der Waals surface area contributed by atoms with Crippen LogP contribution < -0.4 is 0 Å². The summed E-state index contributed by atoms with van der Waals surface area (Å²) in [6, 6.07) is -0.663. The molecule has 1 aliphatic heterocycles. The minimum Gasteiger partial charge on any atom is -0.464 e. The van der Waals surface area contributed by atoms with E-state index in [4.69, 9.17) is 14.3 Å². The molecule has 1 aliphatic rings. The summed E-state index contributed by atoms with van der Waals surface area (Å²) in [5, 5.41) is 0. The van der Waals surface area contributed by atoms with Gasteiger partial charge in [-0.3, -0.25) is 9.59 Å². The molecule has 2 atom stereocenters. The van der Waals surface area contributed by atoms with Gasteiger partial charge in [-0.1, -0.05) is 20.8 Å². The first-order chi connectivity index (χ1) is 11.2. The molecule has 8 heteroatoms.